The van der Waals surface area contributed by atoms with Crippen molar-refractivity contribution in [1.29, 1.82) is 0 Å². The molecule has 0 spiro atoms. The van der Waals surface area contributed by atoms with Gasteiger partial charge in [-0.15, -0.1) is 0 Å². The van der Waals surface area contributed by atoms with Crippen LogP contribution in [-0.4, -0.2) is 53.1 Å². The number of ether oxygens (including phenoxy) is 2. The van der Waals surface area contributed by atoms with Crippen LogP contribution in [0, 0.1) is 0 Å². The Balaban J connectivity index is 3.85. The summed E-state index contributed by atoms with van der Waals surface area (Å²) in [5, 5.41) is 0. The van der Waals surface area contributed by atoms with Crippen molar-refractivity contribution < 1.29 is 37.9 Å². The van der Waals surface area contributed by atoms with Crippen molar-refractivity contribution in [1.82, 2.24) is 0 Å². The van der Waals surface area contributed by atoms with Gasteiger partial charge in [-0.3, -0.25) is 14.1 Å². The number of carbonyl (C=O) groups is 2. The first kappa shape index (κ1) is 38.4. The van der Waals surface area contributed by atoms with Crippen molar-refractivity contribution in [2.45, 2.75) is 148 Å². The zero-order chi connectivity index (χ0) is 28.9. The minimum absolute atomic E-state index is 0.296. The molecular weight excluding hydrogens is 539 g/mol. The molecule has 0 bridgehead atoms. The Bertz CT molecular complexity index is 602. The second kappa shape index (κ2) is 28.9. The van der Waals surface area contributed by atoms with Gasteiger partial charge in [0.2, 0.25) is 0 Å². The lowest BCUT2D eigenvalue weighted by Crippen LogP contribution is -2.25. The van der Waals surface area contributed by atoms with Crippen molar-refractivity contribution in [2.24, 2.45) is 0 Å². The second-order valence-corrected chi connectivity index (χ2v) is 12.8. The fourth-order valence-corrected chi connectivity index (χ4v) is 5.73. The third-order valence-corrected chi connectivity index (χ3v) is 8.30. The van der Waals surface area contributed by atoms with Gasteiger partial charge in [0, 0.05) is 12.2 Å². The first-order valence-corrected chi connectivity index (χ1v) is 18.1. The van der Waals surface area contributed by atoms with E-state index in [1.54, 1.807) is 11.8 Å². The van der Waals surface area contributed by atoms with E-state index in [1.165, 1.54) is 64.2 Å². The van der Waals surface area contributed by atoms with Gasteiger partial charge in [0.1, 0.15) is 6.10 Å². The second-order valence-electron chi connectivity index (χ2n) is 10.4. The van der Waals surface area contributed by atoms with Crippen LogP contribution in [0.25, 0.3) is 0 Å². The Kier molecular flexibility index (Phi) is 28.5. The van der Waals surface area contributed by atoms with Gasteiger partial charge in [-0.2, -0.15) is 11.8 Å². The van der Waals surface area contributed by atoms with E-state index in [1.807, 2.05) is 0 Å². The van der Waals surface area contributed by atoms with Crippen molar-refractivity contribution in [2.75, 3.05) is 24.7 Å². The molecule has 2 N–H and O–H groups in total. The van der Waals surface area contributed by atoms with Gasteiger partial charge in [-0.1, -0.05) is 116 Å². The molecule has 0 heterocycles. The molecule has 232 valence electrons. The van der Waals surface area contributed by atoms with Gasteiger partial charge in [-0.25, -0.2) is 4.57 Å². The quantitative estimate of drug-likeness (QED) is 0.0354. The molecule has 0 aromatic rings. The molecule has 0 rings (SSSR count). The number of thioether (sulfide) groups is 1. The van der Waals surface area contributed by atoms with Gasteiger partial charge in [0.15, 0.2) is 0 Å². The molecule has 1 atom stereocenters. The molecule has 0 aromatic carbocycles. The number of carbonyl (C=O) groups excluding carboxylic acids is 2. The number of phosphoric ester groups is 1. The van der Waals surface area contributed by atoms with Crippen LogP contribution >= 0.6 is 19.6 Å². The van der Waals surface area contributed by atoms with Gasteiger partial charge < -0.3 is 19.3 Å². The standard InChI is InChI=1S/C29H57O8PS/c1-2-3-4-5-6-7-8-9-10-11-13-16-19-22-29(31)37-28(25-36-38(32,33)34)26-39-24-21-18-15-12-14-17-20-23-35-27-30/h27-28H,2-26H2,1H3,(H2,32,33,34)/t28-/m1/s1. The summed E-state index contributed by atoms with van der Waals surface area (Å²) < 4.78 is 25.9. The minimum atomic E-state index is -4.61. The van der Waals surface area contributed by atoms with Gasteiger partial charge >= 0.3 is 13.8 Å². The smallest absolute Gasteiger partial charge is 0.468 e. The molecular formula is C29H57O8PS. The largest absolute Gasteiger partial charge is 0.469 e. The van der Waals surface area contributed by atoms with E-state index in [2.05, 4.69) is 16.2 Å². The van der Waals surface area contributed by atoms with E-state index in [4.69, 9.17) is 14.5 Å². The van der Waals surface area contributed by atoms with E-state index >= 15 is 0 Å². The zero-order valence-electron chi connectivity index (χ0n) is 24.5. The molecule has 0 aliphatic heterocycles. The average Bonchev–Trinajstić information content (AvgIpc) is 2.90. The van der Waals surface area contributed by atoms with Gasteiger partial charge in [0.25, 0.3) is 6.47 Å². The Morgan fingerprint density at radius 2 is 1.26 bits per heavy atom. The lowest BCUT2D eigenvalue weighted by molar-refractivity contribution is -0.149. The highest BCUT2D eigenvalue weighted by molar-refractivity contribution is 7.99. The Labute approximate surface area is 242 Å². The Morgan fingerprint density at radius 3 is 1.77 bits per heavy atom. The third kappa shape index (κ3) is 31.8. The van der Waals surface area contributed by atoms with Crippen LogP contribution in [0.2, 0.25) is 0 Å². The van der Waals surface area contributed by atoms with Gasteiger partial charge in [-0.05, 0) is 25.0 Å². The Hall–Kier alpha value is -0.600. The topological polar surface area (TPSA) is 119 Å². The predicted molar refractivity (Wildman–Crippen MR) is 160 cm³/mol. The van der Waals surface area contributed by atoms with Crippen molar-refractivity contribution in [3.05, 3.63) is 0 Å². The average molecular weight is 597 g/mol. The number of hydrogen-bond acceptors (Lipinski definition) is 7. The highest BCUT2D eigenvalue weighted by atomic mass is 32.2. The van der Waals surface area contributed by atoms with E-state index < -0.39 is 13.9 Å². The molecule has 10 heteroatoms. The summed E-state index contributed by atoms with van der Waals surface area (Å²) in [6.45, 7) is 2.94. The maximum atomic E-state index is 12.3. The monoisotopic (exact) mass is 596 g/mol. The van der Waals surface area contributed by atoms with Crippen molar-refractivity contribution in [3.8, 4) is 0 Å². The van der Waals surface area contributed by atoms with Gasteiger partial charge in [0.05, 0.1) is 13.2 Å². The summed E-state index contributed by atoms with van der Waals surface area (Å²) in [6.07, 6.45) is 23.3. The minimum Gasteiger partial charge on any atom is -0.468 e. The maximum Gasteiger partial charge on any atom is 0.469 e. The van der Waals surface area contributed by atoms with Crippen LogP contribution in [0.15, 0.2) is 0 Å². The fourth-order valence-electron chi connectivity index (χ4n) is 4.36. The predicted octanol–water partition coefficient (Wildman–Crippen LogP) is 8.13. The van der Waals surface area contributed by atoms with Crippen LogP contribution in [0.3, 0.4) is 0 Å². The van der Waals surface area contributed by atoms with E-state index in [0.29, 0.717) is 25.3 Å². The van der Waals surface area contributed by atoms with E-state index in [-0.39, 0.29) is 12.6 Å². The van der Waals surface area contributed by atoms with Crippen LogP contribution in [-0.2, 0) is 28.2 Å². The molecule has 8 nitrogen and oxygen atoms in total. The SMILES string of the molecule is CCCCCCCCCCCCCCCC(=O)O[C@H](COP(=O)(O)O)CSCCCCCCCCCOC=O. The molecule has 0 fully saturated rings. The fraction of sp³-hybridized carbons (Fsp3) is 0.931. The van der Waals surface area contributed by atoms with Crippen LogP contribution in [0.4, 0.5) is 0 Å². The van der Waals surface area contributed by atoms with Crippen molar-refractivity contribution >= 4 is 32.0 Å². The first-order valence-electron chi connectivity index (χ1n) is 15.4. The molecule has 0 unspecified atom stereocenters. The molecule has 39 heavy (non-hydrogen) atoms. The molecule has 0 saturated carbocycles. The lowest BCUT2D eigenvalue weighted by atomic mass is 10.0. The van der Waals surface area contributed by atoms with Crippen LogP contribution < -0.4 is 0 Å². The summed E-state index contributed by atoms with van der Waals surface area (Å²) in [5.74, 6) is 1.04. The molecule has 0 aliphatic rings. The number of hydrogen-bond donors (Lipinski definition) is 2. The third-order valence-electron chi connectivity index (χ3n) is 6.63. The van der Waals surface area contributed by atoms with E-state index in [0.717, 1.165) is 70.0 Å². The number of unbranched alkanes of at least 4 members (excludes halogenated alkanes) is 18. The number of phosphoric acid groups is 1. The summed E-state index contributed by atoms with van der Waals surface area (Å²) in [6, 6.07) is 0. The zero-order valence-corrected chi connectivity index (χ0v) is 26.2. The molecule has 0 aliphatic carbocycles. The maximum absolute atomic E-state index is 12.3. The Morgan fingerprint density at radius 1 is 0.769 bits per heavy atom. The summed E-state index contributed by atoms with van der Waals surface area (Å²) in [7, 11) is -4.61. The van der Waals surface area contributed by atoms with Crippen molar-refractivity contribution in [3.63, 3.8) is 0 Å². The molecule has 0 amide bonds. The normalized spacial score (nSPS) is 12.4. The van der Waals surface area contributed by atoms with E-state index in [9.17, 15) is 14.2 Å². The molecule has 0 radical (unpaired) electrons. The molecule has 0 aromatic heterocycles. The summed E-state index contributed by atoms with van der Waals surface area (Å²) in [4.78, 5) is 40.4. The van der Waals surface area contributed by atoms with Crippen LogP contribution in [0.1, 0.15) is 142 Å². The highest BCUT2D eigenvalue weighted by Gasteiger charge is 2.21. The van der Waals surface area contributed by atoms with Crippen LogP contribution in [0.5, 0.6) is 0 Å². The number of esters is 1. The highest BCUT2D eigenvalue weighted by Crippen LogP contribution is 2.36. The first-order chi connectivity index (χ1) is 18.9. The number of rotatable bonds is 31. The lowest BCUT2D eigenvalue weighted by Gasteiger charge is -2.18. The summed E-state index contributed by atoms with van der Waals surface area (Å²) in [5.41, 5.74) is 0. The molecule has 0 saturated heterocycles. The summed E-state index contributed by atoms with van der Waals surface area (Å²) >= 11 is 1.62.